The SMILES string of the molecule is CCc1cc(Br)ccc1Nc1ccc2scnc2c1N. The van der Waals surface area contributed by atoms with Gasteiger partial charge >= 0.3 is 0 Å². The first kappa shape index (κ1) is 13.4. The molecule has 0 bridgehead atoms. The molecule has 0 amide bonds. The van der Waals surface area contributed by atoms with Crippen molar-refractivity contribution in [2.24, 2.45) is 0 Å². The van der Waals surface area contributed by atoms with Crippen LogP contribution in [0.15, 0.2) is 40.3 Å². The molecule has 1 aromatic heterocycles. The van der Waals surface area contributed by atoms with Crippen molar-refractivity contribution < 1.29 is 0 Å². The first-order valence-electron chi connectivity index (χ1n) is 6.36. The molecule has 0 saturated carbocycles. The zero-order valence-electron chi connectivity index (χ0n) is 11.0. The maximum absolute atomic E-state index is 6.21. The number of hydrogen-bond acceptors (Lipinski definition) is 4. The Kier molecular flexibility index (Phi) is 3.63. The number of benzene rings is 2. The van der Waals surface area contributed by atoms with E-state index in [9.17, 15) is 0 Å². The fourth-order valence-electron chi connectivity index (χ4n) is 2.18. The number of anilines is 3. The van der Waals surface area contributed by atoms with E-state index in [-0.39, 0.29) is 0 Å². The van der Waals surface area contributed by atoms with Crippen LogP contribution in [0.4, 0.5) is 17.1 Å². The minimum atomic E-state index is 0.703. The Bertz CT molecular complexity index is 767. The van der Waals surface area contributed by atoms with Crippen LogP contribution >= 0.6 is 27.3 Å². The fourth-order valence-corrected chi connectivity index (χ4v) is 3.28. The fraction of sp³-hybridized carbons (Fsp3) is 0.133. The van der Waals surface area contributed by atoms with Crippen LogP contribution in [0.5, 0.6) is 0 Å². The molecule has 2 aromatic carbocycles. The average molecular weight is 348 g/mol. The van der Waals surface area contributed by atoms with Gasteiger partial charge in [-0.05, 0) is 42.3 Å². The van der Waals surface area contributed by atoms with E-state index in [4.69, 9.17) is 5.73 Å². The van der Waals surface area contributed by atoms with Crippen LogP contribution < -0.4 is 11.1 Å². The number of nitrogens with one attached hydrogen (secondary N) is 1. The molecule has 3 nitrogen and oxygen atoms in total. The average Bonchev–Trinajstić information content (AvgIpc) is 2.93. The van der Waals surface area contributed by atoms with Gasteiger partial charge in [-0.25, -0.2) is 4.98 Å². The van der Waals surface area contributed by atoms with Gasteiger partial charge < -0.3 is 11.1 Å². The van der Waals surface area contributed by atoms with Crippen molar-refractivity contribution in [1.82, 2.24) is 4.98 Å². The van der Waals surface area contributed by atoms with Gasteiger partial charge in [-0.1, -0.05) is 22.9 Å². The molecule has 0 spiro atoms. The van der Waals surface area contributed by atoms with E-state index in [1.807, 2.05) is 17.6 Å². The van der Waals surface area contributed by atoms with Crippen LogP contribution in [-0.2, 0) is 6.42 Å². The van der Waals surface area contributed by atoms with Crippen molar-refractivity contribution in [2.45, 2.75) is 13.3 Å². The van der Waals surface area contributed by atoms with Gasteiger partial charge in [0.1, 0.15) is 5.52 Å². The number of halogens is 1. The number of nitrogens with zero attached hydrogens (tertiary/aromatic N) is 1. The lowest BCUT2D eigenvalue weighted by atomic mass is 10.1. The normalized spacial score (nSPS) is 10.9. The summed E-state index contributed by atoms with van der Waals surface area (Å²) in [4.78, 5) is 4.32. The zero-order valence-corrected chi connectivity index (χ0v) is 13.4. The Labute approximate surface area is 130 Å². The minimum absolute atomic E-state index is 0.703. The topological polar surface area (TPSA) is 50.9 Å². The zero-order chi connectivity index (χ0) is 14.1. The van der Waals surface area contributed by atoms with Gasteiger partial charge in [0.05, 0.1) is 21.6 Å². The van der Waals surface area contributed by atoms with Crippen LogP contribution in [0.3, 0.4) is 0 Å². The summed E-state index contributed by atoms with van der Waals surface area (Å²) < 4.78 is 2.20. The highest BCUT2D eigenvalue weighted by Crippen LogP contribution is 2.33. The van der Waals surface area contributed by atoms with Crippen LogP contribution in [0, 0.1) is 0 Å². The molecule has 1 heterocycles. The highest BCUT2D eigenvalue weighted by molar-refractivity contribution is 9.10. The Morgan fingerprint density at radius 1 is 1.25 bits per heavy atom. The molecule has 20 heavy (non-hydrogen) atoms. The lowest BCUT2D eigenvalue weighted by Gasteiger charge is -2.13. The summed E-state index contributed by atoms with van der Waals surface area (Å²) in [5.41, 5.74) is 12.8. The summed E-state index contributed by atoms with van der Waals surface area (Å²) in [6, 6.07) is 10.3. The molecule has 0 aliphatic heterocycles. The third-order valence-corrected chi connectivity index (χ3v) is 4.55. The van der Waals surface area contributed by atoms with Crippen molar-refractivity contribution in [3.05, 3.63) is 45.9 Å². The Morgan fingerprint density at radius 3 is 2.85 bits per heavy atom. The Morgan fingerprint density at radius 2 is 2.05 bits per heavy atom. The number of nitrogen functional groups attached to an aromatic ring is 1. The van der Waals surface area contributed by atoms with E-state index in [2.05, 4.69) is 51.4 Å². The third kappa shape index (κ3) is 2.39. The minimum Gasteiger partial charge on any atom is -0.395 e. The number of thiazole rings is 1. The summed E-state index contributed by atoms with van der Waals surface area (Å²) >= 11 is 5.10. The molecule has 3 aromatic rings. The number of aryl methyl sites for hydroxylation is 1. The molecule has 0 fully saturated rings. The molecule has 0 saturated heterocycles. The number of nitrogens with two attached hydrogens (primary N) is 1. The van der Waals surface area contributed by atoms with Crippen LogP contribution in [-0.4, -0.2) is 4.98 Å². The number of aromatic nitrogens is 1. The van der Waals surface area contributed by atoms with Gasteiger partial charge in [-0.2, -0.15) is 0 Å². The van der Waals surface area contributed by atoms with Crippen molar-refractivity contribution in [3.63, 3.8) is 0 Å². The summed E-state index contributed by atoms with van der Waals surface area (Å²) in [6.45, 7) is 2.14. The standard InChI is InChI=1S/C15H14BrN3S/c1-2-9-7-10(16)3-4-11(9)19-12-5-6-13-15(14(12)17)18-8-20-13/h3-8,19H,2,17H2,1H3. The van der Waals surface area contributed by atoms with Gasteiger partial charge in [-0.3, -0.25) is 0 Å². The van der Waals surface area contributed by atoms with Crippen molar-refractivity contribution in [1.29, 1.82) is 0 Å². The second-order valence-corrected chi connectivity index (χ2v) is 6.31. The van der Waals surface area contributed by atoms with Crippen molar-refractivity contribution >= 4 is 54.5 Å². The van der Waals surface area contributed by atoms with Crippen molar-refractivity contribution in [2.75, 3.05) is 11.1 Å². The van der Waals surface area contributed by atoms with Crippen LogP contribution in [0.2, 0.25) is 0 Å². The molecular weight excluding hydrogens is 334 g/mol. The Hall–Kier alpha value is -1.59. The van der Waals surface area contributed by atoms with E-state index in [1.165, 1.54) is 5.56 Å². The third-order valence-electron chi connectivity index (χ3n) is 3.26. The molecule has 0 aliphatic carbocycles. The maximum Gasteiger partial charge on any atom is 0.106 e. The molecule has 0 radical (unpaired) electrons. The van der Waals surface area contributed by atoms with E-state index >= 15 is 0 Å². The second kappa shape index (κ2) is 5.42. The summed E-state index contributed by atoms with van der Waals surface area (Å²) in [6.07, 6.45) is 0.959. The summed E-state index contributed by atoms with van der Waals surface area (Å²) in [5, 5.41) is 3.42. The van der Waals surface area contributed by atoms with Gasteiger partial charge in [0.2, 0.25) is 0 Å². The smallest absolute Gasteiger partial charge is 0.106 e. The summed E-state index contributed by atoms with van der Waals surface area (Å²) in [7, 11) is 0. The lowest BCUT2D eigenvalue weighted by molar-refractivity contribution is 1.14. The molecular formula is C15H14BrN3S. The molecule has 0 aliphatic rings. The monoisotopic (exact) mass is 347 g/mol. The van der Waals surface area contributed by atoms with Crippen LogP contribution in [0.1, 0.15) is 12.5 Å². The highest BCUT2D eigenvalue weighted by atomic mass is 79.9. The molecule has 0 unspecified atom stereocenters. The Balaban J connectivity index is 2.02. The number of rotatable bonds is 3. The second-order valence-electron chi connectivity index (χ2n) is 4.51. The lowest BCUT2D eigenvalue weighted by Crippen LogP contribution is -1.99. The summed E-state index contributed by atoms with van der Waals surface area (Å²) in [5.74, 6) is 0. The molecule has 3 rings (SSSR count). The first-order valence-corrected chi connectivity index (χ1v) is 8.03. The molecule has 3 N–H and O–H groups in total. The van der Waals surface area contributed by atoms with E-state index < -0.39 is 0 Å². The highest BCUT2D eigenvalue weighted by Gasteiger charge is 2.09. The number of hydrogen-bond donors (Lipinski definition) is 2. The molecule has 5 heteroatoms. The van der Waals surface area contributed by atoms with Crippen LogP contribution in [0.25, 0.3) is 10.2 Å². The van der Waals surface area contributed by atoms with Gasteiger partial charge in [0.15, 0.2) is 0 Å². The predicted molar refractivity (Wildman–Crippen MR) is 90.8 cm³/mol. The van der Waals surface area contributed by atoms with E-state index in [0.717, 1.165) is 32.5 Å². The molecule has 102 valence electrons. The van der Waals surface area contributed by atoms with E-state index in [1.54, 1.807) is 11.3 Å². The van der Waals surface area contributed by atoms with Gasteiger partial charge in [0.25, 0.3) is 0 Å². The number of fused-ring (bicyclic) bond motifs is 1. The largest absolute Gasteiger partial charge is 0.395 e. The van der Waals surface area contributed by atoms with Crippen molar-refractivity contribution in [3.8, 4) is 0 Å². The van der Waals surface area contributed by atoms with Gasteiger partial charge in [0, 0.05) is 10.2 Å². The predicted octanol–water partition coefficient (Wildman–Crippen LogP) is 4.95. The first-order chi connectivity index (χ1) is 9.69. The maximum atomic E-state index is 6.21. The molecule has 0 atom stereocenters. The van der Waals surface area contributed by atoms with E-state index in [0.29, 0.717) is 5.69 Å². The quantitative estimate of drug-likeness (QED) is 0.659. The van der Waals surface area contributed by atoms with Gasteiger partial charge in [-0.15, -0.1) is 11.3 Å².